The minimum absolute atomic E-state index is 0.0237. The number of imidazole rings is 1. The van der Waals surface area contributed by atoms with Crippen LogP contribution in [0, 0.1) is 11.3 Å². The van der Waals surface area contributed by atoms with Crippen molar-refractivity contribution in [3.05, 3.63) is 144 Å². The summed E-state index contributed by atoms with van der Waals surface area (Å²) in [4.78, 5) is 27.2. The van der Waals surface area contributed by atoms with E-state index in [0.29, 0.717) is 28.2 Å². The standard InChI is InChI=1S/C49H56N7O9P/c1-33(2)56(34(3)4)66(62-28-14-27-50)65-43-42(61-30-29-58-5)47(55-32-53-41-44(51-31-52-45(41)55)54-46(57)35-15-10-8-11-16-35)63-48(43)64-49(36-17-12-9-13-18-36,37-19-23-39(59-6)24-20-37)38-21-25-40(60-7)26-22-38/h8-13,15-26,31-34,42-43,47-48H,14,28-30H2,1-7H3,(H,51,52,54,57)/t42-,43+,47-,48-,66?/m1/s1. The second-order valence-electron chi connectivity index (χ2n) is 15.8. The average molecular weight is 918 g/mol. The molecule has 2 aromatic heterocycles. The van der Waals surface area contributed by atoms with E-state index in [0.717, 1.165) is 16.7 Å². The first-order valence-corrected chi connectivity index (χ1v) is 22.8. The van der Waals surface area contributed by atoms with Gasteiger partial charge in [-0.3, -0.25) is 9.36 Å². The van der Waals surface area contributed by atoms with Gasteiger partial charge < -0.3 is 42.8 Å². The maximum atomic E-state index is 13.4. The Balaban J connectivity index is 1.42. The predicted molar refractivity (Wildman–Crippen MR) is 249 cm³/mol. The molecule has 6 aromatic rings. The van der Waals surface area contributed by atoms with Crippen molar-refractivity contribution in [2.75, 3.05) is 46.5 Å². The summed E-state index contributed by atoms with van der Waals surface area (Å²) in [6.45, 7) is 8.81. The fourth-order valence-electron chi connectivity index (χ4n) is 7.98. The smallest absolute Gasteiger partial charge is 0.259 e. The summed E-state index contributed by atoms with van der Waals surface area (Å²) in [5, 5.41) is 12.5. The van der Waals surface area contributed by atoms with E-state index in [4.69, 9.17) is 42.5 Å². The number of fused-ring (bicyclic) bond motifs is 1. The number of methoxy groups -OCH3 is 3. The quantitative estimate of drug-likeness (QED) is 0.0389. The molecule has 0 spiro atoms. The average Bonchev–Trinajstić information content (AvgIpc) is 3.92. The number of nitriles is 1. The van der Waals surface area contributed by atoms with Crippen LogP contribution >= 0.6 is 8.53 Å². The van der Waals surface area contributed by atoms with Crippen molar-refractivity contribution in [1.82, 2.24) is 24.2 Å². The fraction of sp³-hybridized carbons (Fsp3) is 0.367. The molecule has 5 atom stereocenters. The predicted octanol–water partition coefficient (Wildman–Crippen LogP) is 8.65. The van der Waals surface area contributed by atoms with E-state index in [9.17, 15) is 10.1 Å². The Hall–Kier alpha value is -5.86. The number of hydrogen-bond acceptors (Lipinski definition) is 14. The lowest BCUT2D eigenvalue weighted by molar-refractivity contribution is -0.213. The summed E-state index contributed by atoms with van der Waals surface area (Å²) in [6, 6.07) is 36.3. The molecule has 17 heteroatoms. The van der Waals surface area contributed by atoms with Gasteiger partial charge in [0.2, 0.25) is 0 Å². The molecule has 1 unspecified atom stereocenters. The Morgan fingerprint density at radius 3 is 1.98 bits per heavy atom. The van der Waals surface area contributed by atoms with E-state index in [2.05, 4.69) is 53.7 Å². The van der Waals surface area contributed by atoms with Gasteiger partial charge in [-0.15, -0.1) is 0 Å². The molecular weight excluding hydrogens is 862 g/mol. The van der Waals surface area contributed by atoms with E-state index in [1.54, 1.807) is 56.5 Å². The molecule has 1 amide bonds. The first-order chi connectivity index (χ1) is 32.1. The normalized spacial score (nSPS) is 17.9. The van der Waals surface area contributed by atoms with Gasteiger partial charge in [0, 0.05) is 24.8 Å². The topological polar surface area (TPSA) is 174 Å². The van der Waals surface area contributed by atoms with E-state index in [1.165, 1.54) is 6.33 Å². The lowest BCUT2D eigenvalue weighted by atomic mass is 9.80. The highest BCUT2D eigenvalue weighted by atomic mass is 31.2. The number of hydrogen-bond donors (Lipinski definition) is 1. The van der Waals surface area contributed by atoms with Gasteiger partial charge in [0.05, 0.1) is 52.9 Å². The molecule has 66 heavy (non-hydrogen) atoms. The molecule has 0 bridgehead atoms. The fourth-order valence-corrected chi connectivity index (χ4v) is 9.71. The van der Waals surface area contributed by atoms with Crippen molar-refractivity contribution in [2.24, 2.45) is 0 Å². The summed E-state index contributed by atoms with van der Waals surface area (Å²) in [5.74, 6) is 1.18. The summed E-state index contributed by atoms with van der Waals surface area (Å²) in [7, 11) is 2.96. The zero-order valence-electron chi connectivity index (χ0n) is 38.1. The highest BCUT2D eigenvalue weighted by molar-refractivity contribution is 7.44. The van der Waals surface area contributed by atoms with Gasteiger partial charge in [-0.1, -0.05) is 72.8 Å². The summed E-state index contributed by atoms with van der Waals surface area (Å²) >= 11 is 0. The van der Waals surface area contributed by atoms with E-state index in [1.807, 2.05) is 84.9 Å². The lowest BCUT2D eigenvalue weighted by Gasteiger charge is -2.41. The number of nitrogens with one attached hydrogen (secondary N) is 1. The van der Waals surface area contributed by atoms with Crippen molar-refractivity contribution in [3.63, 3.8) is 0 Å². The van der Waals surface area contributed by atoms with E-state index >= 15 is 0 Å². The summed E-state index contributed by atoms with van der Waals surface area (Å²) < 4.78 is 56.0. The second-order valence-corrected chi connectivity index (χ2v) is 17.2. The third-order valence-corrected chi connectivity index (χ3v) is 13.1. The van der Waals surface area contributed by atoms with Crippen LogP contribution in [0.15, 0.2) is 122 Å². The molecule has 346 valence electrons. The van der Waals surface area contributed by atoms with Gasteiger partial charge >= 0.3 is 0 Å². The first-order valence-electron chi connectivity index (χ1n) is 21.7. The zero-order valence-corrected chi connectivity index (χ0v) is 39.0. The first kappa shape index (κ1) is 48.1. The van der Waals surface area contributed by atoms with Crippen LogP contribution in [0.1, 0.15) is 67.4 Å². The molecule has 0 aliphatic carbocycles. The summed E-state index contributed by atoms with van der Waals surface area (Å²) in [6.07, 6.45) is -1.02. The third-order valence-electron chi connectivity index (χ3n) is 11.0. The number of ether oxygens (including phenoxy) is 6. The van der Waals surface area contributed by atoms with Crippen LogP contribution in [0.25, 0.3) is 11.2 Å². The van der Waals surface area contributed by atoms with Crippen LogP contribution in [0.5, 0.6) is 11.5 Å². The number of rotatable bonds is 22. The number of amides is 1. The third kappa shape index (κ3) is 10.5. The Morgan fingerprint density at radius 1 is 0.803 bits per heavy atom. The van der Waals surface area contributed by atoms with Gasteiger partial charge in [0.1, 0.15) is 35.6 Å². The molecule has 3 heterocycles. The van der Waals surface area contributed by atoms with Gasteiger partial charge in [0.25, 0.3) is 14.4 Å². The minimum Gasteiger partial charge on any atom is -0.497 e. The molecule has 1 saturated heterocycles. The van der Waals surface area contributed by atoms with Gasteiger partial charge in [-0.05, 0) is 80.8 Å². The highest BCUT2D eigenvalue weighted by Crippen LogP contribution is 2.53. The van der Waals surface area contributed by atoms with Crippen LogP contribution in [0.4, 0.5) is 5.82 Å². The molecule has 1 aliphatic heterocycles. The molecule has 7 rings (SSSR count). The van der Waals surface area contributed by atoms with Crippen molar-refractivity contribution < 1.29 is 42.3 Å². The number of carbonyl (C=O) groups excluding carboxylic acids is 1. The van der Waals surface area contributed by atoms with E-state index in [-0.39, 0.29) is 50.1 Å². The monoisotopic (exact) mass is 917 g/mol. The van der Waals surface area contributed by atoms with E-state index < -0.39 is 38.9 Å². The zero-order chi connectivity index (χ0) is 46.6. The molecule has 1 aliphatic rings. The van der Waals surface area contributed by atoms with Crippen molar-refractivity contribution in [2.45, 2.75) is 76.5 Å². The van der Waals surface area contributed by atoms with Crippen LogP contribution in [0.2, 0.25) is 0 Å². The number of carbonyl (C=O) groups is 1. The largest absolute Gasteiger partial charge is 0.497 e. The molecule has 4 aromatic carbocycles. The Bertz CT molecular complexity index is 2450. The number of benzene rings is 4. The SMILES string of the molecule is COCCO[C@@H]1[C@H](OP(OCCC#N)N(C(C)C)C(C)C)[C@@H](OC(c2ccccc2)(c2ccc(OC)cc2)c2ccc(OC)cc2)O[C@H]1n1cnc2c(NC(=O)c3ccccc3)ncnc21. The summed E-state index contributed by atoms with van der Waals surface area (Å²) in [5.41, 5.74) is 2.10. The second kappa shape index (κ2) is 22.6. The van der Waals surface area contributed by atoms with Crippen LogP contribution < -0.4 is 14.8 Å². The van der Waals surface area contributed by atoms with Crippen molar-refractivity contribution >= 4 is 31.4 Å². The van der Waals surface area contributed by atoms with Crippen LogP contribution in [-0.4, -0.2) is 102 Å². The van der Waals surface area contributed by atoms with Crippen LogP contribution in [0.3, 0.4) is 0 Å². The molecule has 1 fully saturated rings. The van der Waals surface area contributed by atoms with Gasteiger partial charge in [-0.25, -0.2) is 19.6 Å². The van der Waals surface area contributed by atoms with Crippen molar-refractivity contribution in [1.29, 1.82) is 5.26 Å². The molecule has 16 nitrogen and oxygen atoms in total. The maximum Gasteiger partial charge on any atom is 0.259 e. The number of nitrogens with zero attached hydrogens (tertiary/aromatic N) is 6. The molecular formula is C49H56N7O9P. The van der Waals surface area contributed by atoms with Crippen LogP contribution in [-0.2, 0) is 33.6 Å². The highest BCUT2D eigenvalue weighted by Gasteiger charge is 2.54. The number of aromatic nitrogens is 4. The Labute approximate surface area is 386 Å². The van der Waals surface area contributed by atoms with Gasteiger partial charge in [-0.2, -0.15) is 5.26 Å². The van der Waals surface area contributed by atoms with Crippen molar-refractivity contribution in [3.8, 4) is 17.6 Å². The Kier molecular flexibility index (Phi) is 16.4. The molecule has 1 N–H and O–H groups in total. The number of anilines is 1. The maximum absolute atomic E-state index is 13.4. The minimum atomic E-state index is -1.88. The Morgan fingerprint density at radius 2 is 1.41 bits per heavy atom. The molecule has 0 saturated carbocycles. The van der Waals surface area contributed by atoms with Gasteiger partial charge in [0.15, 0.2) is 29.5 Å². The molecule has 0 radical (unpaired) electrons. The lowest BCUT2D eigenvalue weighted by Crippen LogP contribution is -2.45.